The lowest BCUT2D eigenvalue weighted by Crippen LogP contribution is -2.17. The van der Waals surface area contributed by atoms with Crippen LogP contribution in [0.5, 0.6) is 0 Å². The molecule has 1 heterocycles. The van der Waals surface area contributed by atoms with Gasteiger partial charge in [-0.3, -0.25) is 4.68 Å². The number of halogens is 2. The number of nitrogens with zero attached hydrogens (tertiary/aromatic N) is 2. The average molecular weight is 268 g/mol. The fraction of sp³-hybridized carbons (Fsp3) is 0.308. The second kappa shape index (κ2) is 5.08. The van der Waals surface area contributed by atoms with E-state index in [1.165, 1.54) is 6.07 Å². The summed E-state index contributed by atoms with van der Waals surface area (Å²) in [5.41, 5.74) is 8.92. The molecule has 0 fully saturated rings. The van der Waals surface area contributed by atoms with Gasteiger partial charge in [0.15, 0.2) is 0 Å². The minimum Gasteiger partial charge on any atom is -0.322 e. The Bertz CT molecular complexity index is 565. The molecule has 0 aliphatic carbocycles. The first-order chi connectivity index (χ1) is 8.47. The standard InChI is InChI=1S/C13H15ClFN3/c1-8-5-13(18(2)17-8)12(16)7-9-3-4-11(15)10(14)6-9/h3-6,12H,7,16H2,1-2H3. The van der Waals surface area contributed by atoms with Gasteiger partial charge < -0.3 is 5.73 Å². The van der Waals surface area contributed by atoms with Crippen LogP contribution in [0.25, 0.3) is 0 Å². The van der Waals surface area contributed by atoms with E-state index in [1.807, 2.05) is 20.0 Å². The molecule has 0 spiro atoms. The van der Waals surface area contributed by atoms with Crippen molar-refractivity contribution in [2.24, 2.45) is 12.8 Å². The molecule has 2 rings (SSSR count). The normalized spacial score (nSPS) is 12.7. The molecule has 0 saturated carbocycles. The third-order valence-electron chi connectivity index (χ3n) is 2.86. The summed E-state index contributed by atoms with van der Waals surface area (Å²) in [6.07, 6.45) is 0.596. The van der Waals surface area contributed by atoms with E-state index < -0.39 is 5.82 Å². The summed E-state index contributed by atoms with van der Waals surface area (Å²) in [6, 6.07) is 6.44. The maximum absolute atomic E-state index is 13.0. The van der Waals surface area contributed by atoms with Crippen molar-refractivity contribution in [1.29, 1.82) is 0 Å². The first kappa shape index (κ1) is 13.1. The molecule has 1 atom stereocenters. The van der Waals surface area contributed by atoms with Crippen LogP contribution in [0, 0.1) is 12.7 Å². The van der Waals surface area contributed by atoms with Crippen molar-refractivity contribution < 1.29 is 4.39 Å². The molecule has 18 heavy (non-hydrogen) atoms. The highest BCUT2D eigenvalue weighted by atomic mass is 35.5. The van der Waals surface area contributed by atoms with E-state index in [0.29, 0.717) is 6.42 Å². The lowest BCUT2D eigenvalue weighted by molar-refractivity contribution is 0.610. The van der Waals surface area contributed by atoms with E-state index in [2.05, 4.69) is 5.10 Å². The molecule has 2 N–H and O–H groups in total. The molecule has 1 aromatic carbocycles. The summed E-state index contributed by atoms with van der Waals surface area (Å²) in [7, 11) is 1.86. The van der Waals surface area contributed by atoms with Gasteiger partial charge in [-0.2, -0.15) is 5.10 Å². The highest BCUT2D eigenvalue weighted by Crippen LogP contribution is 2.21. The Balaban J connectivity index is 2.18. The predicted molar refractivity (Wildman–Crippen MR) is 70.0 cm³/mol. The second-order valence-corrected chi connectivity index (χ2v) is 4.80. The van der Waals surface area contributed by atoms with Gasteiger partial charge in [-0.25, -0.2) is 4.39 Å². The quantitative estimate of drug-likeness (QED) is 0.929. The summed E-state index contributed by atoms with van der Waals surface area (Å²) in [5.74, 6) is -0.412. The van der Waals surface area contributed by atoms with Gasteiger partial charge in [0, 0.05) is 7.05 Å². The zero-order valence-electron chi connectivity index (χ0n) is 10.3. The second-order valence-electron chi connectivity index (χ2n) is 4.39. The van der Waals surface area contributed by atoms with E-state index in [9.17, 15) is 4.39 Å². The molecule has 3 nitrogen and oxygen atoms in total. The molecular weight excluding hydrogens is 253 g/mol. The zero-order valence-corrected chi connectivity index (χ0v) is 11.1. The van der Waals surface area contributed by atoms with Crippen LogP contribution in [0.2, 0.25) is 5.02 Å². The molecule has 1 aromatic heterocycles. The Morgan fingerprint density at radius 3 is 2.72 bits per heavy atom. The first-order valence-corrected chi connectivity index (χ1v) is 6.05. The summed E-state index contributed by atoms with van der Waals surface area (Å²) in [5, 5.41) is 4.38. The Morgan fingerprint density at radius 1 is 1.44 bits per heavy atom. The van der Waals surface area contributed by atoms with E-state index in [1.54, 1.807) is 16.8 Å². The van der Waals surface area contributed by atoms with Crippen LogP contribution in [0.15, 0.2) is 24.3 Å². The van der Waals surface area contributed by atoms with E-state index in [0.717, 1.165) is 17.0 Å². The molecule has 5 heteroatoms. The molecule has 1 unspecified atom stereocenters. The highest BCUT2D eigenvalue weighted by Gasteiger charge is 2.13. The molecule has 2 aromatic rings. The monoisotopic (exact) mass is 267 g/mol. The van der Waals surface area contributed by atoms with Crippen molar-refractivity contribution in [2.75, 3.05) is 0 Å². The summed E-state index contributed by atoms with van der Waals surface area (Å²) >= 11 is 5.75. The SMILES string of the molecule is Cc1cc(C(N)Cc2ccc(F)c(Cl)c2)n(C)n1. The molecule has 0 bridgehead atoms. The van der Waals surface area contributed by atoms with Gasteiger partial charge in [0.1, 0.15) is 5.82 Å². The van der Waals surface area contributed by atoms with Gasteiger partial charge in [-0.1, -0.05) is 17.7 Å². The third kappa shape index (κ3) is 2.71. The van der Waals surface area contributed by atoms with Crippen LogP contribution >= 0.6 is 11.6 Å². The Kier molecular flexibility index (Phi) is 3.68. The third-order valence-corrected chi connectivity index (χ3v) is 3.15. The number of nitrogens with two attached hydrogens (primary N) is 1. The maximum Gasteiger partial charge on any atom is 0.141 e. The molecule has 0 aliphatic rings. The lowest BCUT2D eigenvalue weighted by Gasteiger charge is -2.12. The number of hydrogen-bond acceptors (Lipinski definition) is 2. The Labute approximate surface area is 110 Å². The number of benzene rings is 1. The molecule has 96 valence electrons. The van der Waals surface area contributed by atoms with Gasteiger partial charge in [-0.05, 0) is 37.1 Å². The molecular formula is C13H15ClFN3. The number of aryl methyl sites for hydroxylation is 2. The number of aromatic nitrogens is 2. The Hall–Kier alpha value is -1.39. The summed E-state index contributed by atoms with van der Waals surface area (Å²) < 4.78 is 14.8. The van der Waals surface area contributed by atoms with Crippen molar-refractivity contribution >= 4 is 11.6 Å². The summed E-state index contributed by atoms with van der Waals surface area (Å²) in [6.45, 7) is 1.92. The van der Waals surface area contributed by atoms with Crippen molar-refractivity contribution in [3.63, 3.8) is 0 Å². The first-order valence-electron chi connectivity index (χ1n) is 5.67. The van der Waals surface area contributed by atoms with Gasteiger partial charge in [0.2, 0.25) is 0 Å². The van der Waals surface area contributed by atoms with Crippen molar-refractivity contribution in [3.05, 3.63) is 52.1 Å². The molecule has 0 radical (unpaired) electrons. The predicted octanol–water partition coefficient (Wildman–Crippen LogP) is 2.76. The number of hydrogen-bond donors (Lipinski definition) is 1. The van der Waals surface area contributed by atoms with Gasteiger partial charge >= 0.3 is 0 Å². The molecule has 0 amide bonds. The van der Waals surface area contributed by atoms with E-state index in [4.69, 9.17) is 17.3 Å². The smallest absolute Gasteiger partial charge is 0.141 e. The van der Waals surface area contributed by atoms with Gasteiger partial charge in [-0.15, -0.1) is 0 Å². The van der Waals surface area contributed by atoms with Crippen LogP contribution in [0.1, 0.15) is 23.0 Å². The molecule has 0 saturated heterocycles. The Morgan fingerprint density at radius 2 is 2.17 bits per heavy atom. The maximum atomic E-state index is 13.0. The van der Waals surface area contributed by atoms with Crippen molar-refractivity contribution in [1.82, 2.24) is 9.78 Å². The van der Waals surface area contributed by atoms with Gasteiger partial charge in [0.05, 0.1) is 22.5 Å². The van der Waals surface area contributed by atoms with Gasteiger partial charge in [0.25, 0.3) is 0 Å². The topological polar surface area (TPSA) is 43.8 Å². The number of rotatable bonds is 3. The summed E-state index contributed by atoms with van der Waals surface area (Å²) in [4.78, 5) is 0. The lowest BCUT2D eigenvalue weighted by atomic mass is 10.0. The van der Waals surface area contributed by atoms with Crippen LogP contribution in [-0.4, -0.2) is 9.78 Å². The van der Waals surface area contributed by atoms with E-state index >= 15 is 0 Å². The minimum absolute atomic E-state index is 0.126. The van der Waals surface area contributed by atoms with Crippen LogP contribution in [-0.2, 0) is 13.5 Å². The van der Waals surface area contributed by atoms with Crippen LogP contribution < -0.4 is 5.73 Å². The molecule has 0 aliphatic heterocycles. The van der Waals surface area contributed by atoms with Crippen LogP contribution in [0.3, 0.4) is 0 Å². The van der Waals surface area contributed by atoms with Crippen LogP contribution in [0.4, 0.5) is 4.39 Å². The zero-order chi connectivity index (χ0) is 13.3. The minimum atomic E-state index is -0.412. The van der Waals surface area contributed by atoms with E-state index in [-0.39, 0.29) is 11.1 Å². The fourth-order valence-electron chi connectivity index (χ4n) is 2.00. The average Bonchev–Trinajstić information content (AvgIpc) is 2.63. The highest BCUT2D eigenvalue weighted by molar-refractivity contribution is 6.30. The van der Waals surface area contributed by atoms with Crippen molar-refractivity contribution in [2.45, 2.75) is 19.4 Å². The fourth-order valence-corrected chi connectivity index (χ4v) is 2.21. The van der Waals surface area contributed by atoms with Crippen molar-refractivity contribution in [3.8, 4) is 0 Å². The largest absolute Gasteiger partial charge is 0.322 e.